The maximum atomic E-state index is 12.6. The Kier molecular flexibility index (Phi) is 6.80. The molecule has 2 amide bonds. The van der Waals surface area contributed by atoms with Crippen LogP contribution in [0.3, 0.4) is 0 Å². The number of nitrogens with zero attached hydrogens (tertiary/aromatic N) is 1. The highest BCUT2D eigenvalue weighted by atomic mass is 16.6. The zero-order valence-corrected chi connectivity index (χ0v) is 15.3. The second kappa shape index (κ2) is 9.26. The standard InChI is InChI=1S/C19H19N3O6/c1-12(23)20-15-8-5-7-14(10-15)18(24)21-16(19(25)28-2)11-13-6-3-4-9-17(13)22(26)27/h3-10,16H,11H2,1-2H3,(H,20,23)(H,21,24)/t16-/m1/s1. The minimum absolute atomic E-state index is 0.110. The summed E-state index contributed by atoms with van der Waals surface area (Å²) in [5.74, 6) is -1.60. The van der Waals surface area contributed by atoms with E-state index in [1.54, 1.807) is 18.2 Å². The first-order valence-electron chi connectivity index (χ1n) is 8.30. The predicted octanol–water partition coefficient (Wildman–Crippen LogP) is 2.07. The Balaban J connectivity index is 2.23. The number of nitrogens with one attached hydrogen (secondary N) is 2. The Morgan fingerprint density at radius 2 is 1.86 bits per heavy atom. The second-order valence-corrected chi connectivity index (χ2v) is 5.90. The number of para-hydroxylation sites is 1. The molecule has 0 heterocycles. The fraction of sp³-hybridized carbons (Fsp3) is 0.211. The van der Waals surface area contributed by atoms with Gasteiger partial charge >= 0.3 is 5.97 Å². The fourth-order valence-electron chi connectivity index (χ4n) is 2.60. The molecule has 2 aromatic carbocycles. The summed E-state index contributed by atoms with van der Waals surface area (Å²) in [6, 6.07) is 11.0. The van der Waals surface area contributed by atoms with Crippen LogP contribution in [-0.4, -0.2) is 35.9 Å². The molecule has 146 valence electrons. The Bertz CT molecular complexity index is 912. The molecule has 9 nitrogen and oxygen atoms in total. The average Bonchev–Trinajstić information content (AvgIpc) is 2.66. The topological polar surface area (TPSA) is 128 Å². The van der Waals surface area contributed by atoms with Crippen LogP contribution in [0, 0.1) is 10.1 Å². The van der Waals surface area contributed by atoms with Crippen LogP contribution >= 0.6 is 0 Å². The largest absolute Gasteiger partial charge is 0.467 e. The highest BCUT2D eigenvalue weighted by Crippen LogP contribution is 2.20. The van der Waals surface area contributed by atoms with Crippen LogP contribution in [0.5, 0.6) is 0 Å². The summed E-state index contributed by atoms with van der Waals surface area (Å²) in [6.45, 7) is 1.34. The van der Waals surface area contributed by atoms with Gasteiger partial charge in [0.15, 0.2) is 0 Å². The molecule has 28 heavy (non-hydrogen) atoms. The second-order valence-electron chi connectivity index (χ2n) is 5.90. The van der Waals surface area contributed by atoms with Gasteiger partial charge in [-0.3, -0.25) is 19.7 Å². The van der Waals surface area contributed by atoms with Crippen molar-refractivity contribution >= 4 is 29.2 Å². The van der Waals surface area contributed by atoms with Gasteiger partial charge in [0.25, 0.3) is 11.6 Å². The molecule has 0 spiro atoms. The van der Waals surface area contributed by atoms with E-state index in [0.29, 0.717) is 5.69 Å². The van der Waals surface area contributed by atoms with Crippen molar-refractivity contribution in [1.82, 2.24) is 5.32 Å². The Morgan fingerprint density at radius 1 is 1.14 bits per heavy atom. The van der Waals surface area contributed by atoms with E-state index in [2.05, 4.69) is 10.6 Å². The smallest absolute Gasteiger partial charge is 0.328 e. The van der Waals surface area contributed by atoms with Crippen LogP contribution < -0.4 is 10.6 Å². The lowest BCUT2D eigenvalue weighted by Gasteiger charge is -2.17. The van der Waals surface area contributed by atoms with Crippen LogP contribution in [0.15, 0.2) is 48.5 Å². The molecule has 0 saturated heterocycles. The van der Waals surface area contributed by atoms with Crippen LogP contribution in [0.4, 0.5) is 11.4 Å². The van der Waals surface area contributed by atoms with Crippen molar-refractivity contribution in [3.63, 3.8) is 0 Å². The zero-order valence-electron chi connectivity index (χ0n) is 15.3. The highest BCUT2D eigenvalue weighted by molar-refractivity contribution is 5.98. The van der Waals surface area contributed by atoms with Gasteiger partial charge in [0, 0.05) is 36.2 Å². The maximum absolute atomic E-state index is 12.6. The van der Waals surface area contributed by atoms with Crippen LogP contribution in [-0.2, 0) is 20.7 Å². The summed E-state index contributed by atoms with van der Waals surface area (Å²) in [5.41, 5.74) is 0.768. The molecule has 0 fully saturated rings. The van der Waals surface area contributed by atoms with Gasteiger partial charge in [-0.15, -0.1) is 0 Å². The number of nitro groups is 1. The molecule has 0 radical (unpaired) electrons. The lowest BCUT2D eigenvalue weighted by Crippen LogP contribution is -2.43. The first-order chi connectivity index (χ1) is 13.3. The van der Waals surface area contributed by atoms with Crippen molar-refractivity contribution in [2.24, 2.45) is 0 Å². The van der Waals surface area contributed by atoms with Gasteiger partial charge in [0.05, 0.1) is 12.0 Å². The molecule has 0 aliphatic rings. The number of amides is 2. The third-order valence-corrected chi connectivity index (χ3v) is 3.85. The maximum Gasteiger partial charge on any atom is 0.328 e. The number of ether oxygens (including phenoxy) is 1. The SMILES string of the molecule is COC(=O)[C@@H](Cc1ccccc1[N+](=O)[O-])NC(=O)c1cccc(NC(C)=O)c1. The third kappa shape index (κ3) is 5.37. The van der Waals surface area contributed by atoms with Gasteiger partial charge in [0.1, 0.15) is 6.04 Å². The van der Waals surface area contributed by atoms with Crippen LogP contribution in [0.1, 0.15) is 22.8 Å². The number of carbonyl (C=O) groups is 3. The van der Waals surface area contributed by atoms with Gasteiger partial charge in [-0.1, -0.05) is 24.3 Å². The van der Waals surface area contributed by atoms with E-state index >= 15 is 0 Å². The van der Waals surface area contributed by atoms with E-state index in [0.717, 1.165) is 7.11 Å². The number of benzene rings is 2. The van der Waals surface area contributed by atoms with E-state index in [4.69, 9.17) is 4.74 Å². The van der Waals surface area contributed by atoms with Gasteiger partial charge in [0.2, 0.25) is 5.91 Å². The van der Waals surface area contributed by atoms with Crippen molar-refractivity contribution in [1.29, 1.82) is 0 Å². The molecular weight excluding hydrogens is 366 g/mol. The van der Waals surface area contributed by atoms with Crippen LogP contribution in [0.25, 0.3) is 0 Å². The summed E-state index contributed by atoms with van der Waals surface area (Å²) < 4.78 is 4.72. The fourth-order valence-corrected chi connectivity index (χ4v) is 2.60. The first kappa shape index (κ1) is 20.6. The Hall–Kier alpha value is -3.75. The molecule has 2 rings (SSSR count). The minimum Gasteiger partial charge on any atom is -0.467 e. The number of anilines is 1. The third-order valence-electron chi connectivity index (χ3n) is 3.85. The number of carbonyl (C=O) groups excluding carboxylic acids is 3. The Morgan fingerprint density at radius 3 is 2.50 bits per heavy atom. The van der Waals surface area contributed by atoms with E-state index in [-0.39, 0.29) is 29.1 Å². The number of esters is 1. The van der Waals surface area contributed by atoms with Crippen molar-refractivity contribution in [3.05, 3.63) is 69.8 Å². The Labute approximate surface area is 160 Å². The molecule has 2 N–H and O–H groups in total. The van der Waals surface area contributed by atoms with E-state index in [9.17, 15) is 24.5 Å². The van der Waals surface area contributed by atoms with E-state index in [1.807, 2.05) is 0 Å². The molecule has 0 unspecified atom stereocenters. The summed E-state index contributed by atoms with van der Waals surface area (Å²) >= 11 is 0. The monoisotopic (exact) mass is 385 g/mol. The zero-order chi connectivity index (χ0) is 20.7. The molecule has 2 aromatic rings. The number of hydrogen-bond donors (Lipinski definition) is 2. The molecule has 0 saturated carbocycles. The quantitative estimate of drug-likeness (QED) is 0.427. The van der Waals surface area contributed by atoms with Gasteiger partial charge < -0.3 is 15.4 Å². The van der Waals surface area contributed by atoms with E-state index < -0.39 is 22.8 Å². The first-order valence-corrected chi connectivity index (χ1v) is 8.30. The molecule has 0 bridgehead atoms. The van der Waals surface area contributed by atoms with Gasteiger partial charge in [-0.2, -0.15) is 0 Å². The number of nitro benzene ring substituents is 1. The number of hydrogen-bond acceptors (Lipinski definition) is 6. The van der Waals surface area contributed by atoms with Gasteiger partial charge in [-0.25, -0.2) is 4.79 Å². The summed E-state index contributed by atoms with van der Waals surface area (Å²) in [7, 11) is 1.16. The molecular formula is C19H19N3O6. The van der Waals surface area contributed by atoms with Crippen molar-refractivity contribution in [2.75, 3.05) is 12.4 Å². The summed E-state index contributed by atoms with van der Waals surface area (Å²) in [6.07, 6.45) is -0.110. The molecule has 0 aromatic heterocycles. The lowest BCUT2D eigenvalue weighted by molar-refractivity contribution is -0.385. The van der Waals surface area contributed by atoms with E-state index in [1.165, 1.54) is 37.3 Å². The van der Waals surface area contributed by atoms with Crippen molar-refractivity contribution in [2.45, 2.75) is 19.4 Å². The number of rotatable bonds is 7. The van der Waals surface area contributed by atoms with Crippen molar-refractivity contribution < 1.29 is 24.0 Å². The molecule has 1 atom stereocenters. The minimum atomic E-state index is -1.12. The molecule has 9 heteroatoms. The predicted molar refractivity (Wildman–Crippen MR) is 101 cm³/mol. The average molecular weight is 385 g/mol. The molecule has 0 aliphatic carbocycles. The summed E-state index contributed by atoms with van der Waals surface area (Å²) in [5, 5.41) is 16.3. The highest BCUT2D eigenvalue weighted by Gasteiger charge is 2.26. The van der Waals surface area contributed by atoms with Crippen LogP contribution in [0.2, 0.25) is 0 Å². The van der Waals surface area contributed by atoms with Crippen molar-refractivity contribution in [3.8, 4) is 0 Å². The molecule has 0 aliphatic heterocycles. The normalized spacial score (nSPS) is 11.2. The van der Waals surface area contributed by atoms with Gasteiger partial charge in [-0.05, 0) is 18.2 Å². The number of methoxy groups -OCH3 is 1. The lowest BCUT2D eigenvalue weighted by atomic mass is 10.0. The summed E-state index contributed by atoms with van der Waals surface area (Å²) in [4.78, 5) is 46.5.